The number of thioether (sulfide) groups is 1. The van der Waals surface area contributed by atoms with E-state index in [0.29, 0.717) is 39.2 Å². The van der Waals surface area contributed by atoms with E-state index in [9.17, 15) is 20.0 Å². The Morgan fingerprint density at radius 1 is 1.39 bits per heavy atom. The first-order chi connectivity index (χ1) is 14.9. The molecule has 0 spiro atoms. The lowest BCUT2D eigenvalue weighted by Gasteiger charge is -2.25. The van der Waals surface area contributed by atoms with Crippen molar-refractivity contribution in [3.63, 3.8) is 0 Å². The molecule has 1 atom stereocenters. The van der Waals surface area contributed by atoms with Gasteiger partial charge in [-0.15, -0.1) is 0 Å². The van der Waals surface area contributed by atoms with Crippen LogP contribution >= 0.6 is 23.4 Å². The van der Waals surface area contributed by atoms with E-state index in [-0.39, 0.29) is 29.7 Å². The maximum absolute atomic E-state index is 12.3. The average Bonchev–Trinajstić information content (AvgIpc) is 2.73. The van der Waals surface area contributed by atoms with Gasteiger partial charge in [-0.05, 0) is 42.8 Å². The van der Waals surface area contributed by atoms with Gasteiger partial charge in [0.15, 0.2) is 11.5 Å². The van der Waals surface area contributed by atoms with Crippen LogP contribution in [-0.2, 0) is 9.59 Å². The minimum Gasteiger partial charge on any atom is -0.504 e. The van der Waals surface area contributed by atoms with Crippen LogP contribution in [0.5, 0.6) is 11.5 Å². The topological polar surface area (TPSA) is 111 Å². The van der Waals surface area contributed by atoms with Crippen LogP contribution < -0.4 is 15.4 Å². The molecule has 0 aliphatic carbocycles. The largest absolute Gasteiger partial charge is 0.504 e. The van der Waals surface area contributed by atoms with E-state index < -0.39 is 5.92 Å². The molecule has 0 saturated heterocycles. The quantitative estimate of drug-likeness (QED) is 0.575. The molecule has 31 heavy (non-hydrogen) atoms. The van der Waals surface area contributed by atoms with Crippen LogP contribution in [0.3, 0.4) is 0 Å². The van der Waals surface area contributed by atoms with Crippen LogP contribution in [0.25, 0.3) is 0 Å². The van der Waals surface area contributed by atoms with Crippen molar-refractivity contribution in [2.24, 2.45) is 0 Å². The number of anilines is 1. The third kappa shape index (κ3) is 5.72. The number of aromatic hydroxyl groups is 1. The molecular formula is C22H20ClN3O4S. The number of rotatable bonds is 7. The molecule has 1 aliphatic rings. The summed E-state index contributed by atoms with van der Waals surface area (Å²) >= 11 is 7.00. The number of benzene rings is 2. The van der Waals surface area contributed by atoms with Gasteiger partial charge >= 0.3 is 0 Å². The number of hydrogen-bond acceptors (Lipinski definition) is 6. The smallest absolute Gasteiger partial charge is 0.234 e. The normalized spacial score (nSPS) is 15.8. The molecule has 0 fully saturated rings. The molecule has 3 N–H and O–H groups in total. The summed E-state index contributed by atoms with van der Waals surface area (Å²) in [5, 5.41) is 26.0. The molecule has 0 saturated carbocycles. The third-order valence-electron chi connectivity index (χ3n) is 4.50. The number of nitrogens with one attached hydrogen (secondary N) is 2. The van der Waals surface area contributed by atoms with Gasteiger partial charge in [-0.1, -0.05) is 35.5 Å². The highest BCUT2D eigenvalue weighted by molar-refractivity contribution is 8.03. The van der Waals surface area contributed by atoms with Gasteiger partial charge < -0.3 is 20.5 Å². The summed E-state index contributed by atoms with van der Waals surface area (Å²) in [5.41, 5.74) is 1.59. The van der Waals surface area contributed by atoms with E-state index in [1.807, 2.05) is 0 Å². The second-order valence-corrected chi connectivity index (χ2v) is 8.09. The number of amides is 2. The van der Waals surface area contributed by atoms with E-state index >= 15 is 0 Å². The highest BCUT2D eigenvalue weighted by Gasteiger charge is 2.30. The lowest BCUT2D eigenvalue weighted by Crippen LogP contribution is -2.31. The molecular weight excluding hydrogens is 438 g/mol. The van der Waals surface area contributed by atoms with Gasteiger partial charge in [0.2, 0.25) is 11.8 Å². The van der Waals surface area contributed by atoms with Gasteiger partial charge in [-0.2, -0.15) is 5.26 Å². The first-order valence-corrected chi connectivity index (χ1v) is 10.9. The second kappa shape index (κ2) is 10.2. The molecule has 3 rings (SSSR count). The Hall–Kier alpha value is -3.15. The van der Waals surface area contributed by atoms with Crippen LogP contribution in [0.2, 0.25) is 5.02 Å². The molecule has 160 valence electrons. The molecule has 7 nitrogen and oxygen atoms in total. The predicted octanol–water partition coefficient (Wildman–Crippen LogP) is 4.15. The number of carbonyl (C=O) groups is 2. The fraction of sp³-hybridized carbons (Fsp3) is 0.227. The van der Waals surface area contributed by atoms with Crippen molar-refractivity contribution < 1.29 is 19.4 Å². The Bertz CT molecular complexity index is 1080. The fourth-order valence-electron chi connectivity index (χ4n) is 3.14. The maximum atomic E-state index is 12.3. The van der Waals surface area contributed by atoms with Crippen molar-refractivity contribution in [2.75, 3.05) is 17.7 Å². The van der Waals surface area contributed by atoms with Crippen LogP contribution in [0.4, 0.5) is 5.69 Å². The average molecular weight is 458 g/mol. The van der Waals surface area contributed by atoms with Crippen LogP contribution in [0.1, 0.15) is 24.8 Å². The van der Waals surface area contributed by atoms with Gasteiger partial charge in [0.25, 0.3) is 0 Å². The van der Waals surface area contributed by atoms with Crippen molar-refractivity contribution in [1.29, 1.82) is 5.26 Å². The molecule has 2 amide bonds. The predicted molar refractivity (Wildman–Crippen MR) is 120 cm³/mol. The molecule has 0 radical (unpaired) electrons. The molecule has 0 aromatic heterocycles. The zero-order valence-corrected chi connectivity index (χ0v) is 18.2. The summed E-state index contributed by atoms with van der Waals surface area (Å²) < 4.78 is 5.42. The van der Waals surface area contributed by atoms with Crippen molar-refractivity contribution in [2.45, 2.75) is 19.3 Å². The van der Waals surface area contributed by atoms with Crippen molar-refractivity contribution >= 4 is 40.9 Å². The van der Waals surface area contributed by atoms with E-state index in [1.165, 1.54) is 6.07 Å². The SMILES string of the molecule is CCOc1cc([C@@H]2CC(=O)NC(SCC(=O)Nc3cccc(Cl)c3)=C2C#N)ccc1O. The van der Waals surface area contributed by atoms with Gasteiger partial charge in [0.05, 0.1) is 29.0 Å². The maximum Gasteiger partial charge on any atom is 0.234 e. The number of allylic oxidation sites excluding steroid dienone is 1. The summed E-state index contributed by atoms with van der Waals surface area (Å²) in [6.45, 7) is 2.16. The minimum atomic E-state index is -0.503. The summed E-state index contributed by atoms with van der Waals surface area (Å²) in [7, 11) is 0. The van der Waals surface area contributed by atoms with Crippen LogP contribution in [0, 0.1) is 11.3 Å². The van der Waals surface area contributed by atoms with Gasteiger partial charge in [-0.3, -0.25) is 9.59 Å². The monoisotopic (exact) mass is 457 g/mol. The first-order valence-electron chi connectivity index (χ1n) is 9.49. The zero-order valence-electron chi connectivity index (χ0n) is 16.6. The van der Waals surface area contributed by atoms with E-state index in [1.54, 1.807) is 43.3 Å². The summed E-state index contributed by atoms with van der Waals surface area (Å²) in [6.07, 6.45) is 0.0814. The summed E-state index contributed by atoms with van der Waals surface area (Å²) in [5.74, 6) is -0.777. The van der Waals surface area contributed by atoms with E-state index in [2.05, 4.69) is 16.7 Å². The number of phenolic OH excluding ortho intramolecular Hbond substituents is 1. The number of hydrogen-bond donors (Lipinski definition) is 3. The summed E-state index contributed by atoms with van der Waals surface area (Å²) in [6, 6.07) is 13.7. The summed E-state index contributed by atoms with van der Waals surface area (Å²) in [4.78, 5) is 24.6. The highest BCUT2D eigenvalue weighted by atomic mass is 35.5. The Balaban J connectivity index is 1.79. The fourth-order valence-corrected chi connectivity index (χ4v) is 4.20. The van der Waals surface area contributed by atoms with Gasteiger partial charge in [0.1, 0.15) is 0 Å². The zero-order chi connectivity index (χ0) is 22.4. The van der Waals surface area contributed by atoms with Crippen LogP contribution in [-0.4, -0.2) is 29.3 Å². The Kier molecular flexibility index (Phi) is 7.45. The first kappa shape index (κ1) is 22.5. The van der Waals surface area contributed by atoms with Gasteiger partial charge in [0, 0.05) is 23.0 Å². The lowest BCUT2D eigenvalue weighted by molar-refractivity contribution is -0.121. The number of carbonyl (C=O) groups excluding carboxylic acids is 2. The molecule has 1 aliphatic heterocycles. The Morgan fingerprint density at radius 3 is 2.90 bits per heavy atom. The number of halogens is 1. The minimum absolute atomic E-state index is 0.000198. The number of ether oxygens (including phenoxy) is 1. The molecule has 9 heteroatoms. The van der Waals surface area contributed by atoms with E-state index in [4.69, 9.17) is 16.3 Å². The molecule has 0 bridgehead atoms. The number of nitriles is 1. The van der Waals surface area contributed by atoms with Gasteiger partial charge in [-0.25, -0.2) is 0 Å². The molecule has 1 heterocycles. The molecule has 0 unspecified atom stereocenters. The number of phenols is 1. The third-order valence-corrected chi connectivity index (χ3v) is 5.75. The standard InChI is InChI=1S/C22H20ClN3O4S/c1-2-30-19-8-13(6-7-18(19)27)16-10-20(28)26-22(17(16)11-24)31-12-21(29)25-15-5-3-4-14(23)9-15/h3-9,16,27H,2,10,12H2,1H3,(H,25,29)(H,26,28)/t16-/m0/s1. The number of nitrogens with zero attached hydrogens (tertiary/aromatic N) is 1. The second-order valence-electron chi connectivity index (χ2n) is 6.67. The molecule has 2 aromatic carbocycles. The Labute approximate surface area is 189 Å². The van der Waals surface area contributed by atoms with Crippen molar-refractivity contribution in [3.8, 4) is 17.6 Å². The Morgan fingerprint density at radius 2 is 2.19 bits per heavy atom. The van der Waals surface area contributed by atoms with Crippen molar-refractivity contribution in [3.05, 3.63) is 63.7 Å². The lowest BCUT2D eigenvalue weighted by atomic mass is 9.87. The van der Waals surface area contributed by atoms with Crippen LogP contribution in [0.15, 0.2) is 53.1 Å². The van der Waals surface area contributed by atoms with Crippen molar-refractivity contribution in [1.82, 2.24) is 5.32 Å². The molecule has 2 aromatic rings. The van der Waals surface area contributed by atoms with E-state index in [0.717, 1.165) is 11.8 Å². The highest BCUT2D eigenvalue weighted by Crippen LogP contribution is 2.39.